The third-order valence-electron chi connectivity index (χ3n) is 9.85. The molecule has 45 heavy (non-hydrogen) atoms. The number of unbranched alkanes of at least 4 members (excludes halogenated alkanes) is 28. The Bertz CT molecular complexity index is 469. The van der Waals surface area contributed by atoms with E-state index >= 15 is 0 Å². The molecule has 1 nitrogen and oxygen atoms in total. The van der Waals surface area contributed by atoms with Crippen LogP contribution < -0.4 is 0 Å². The normalized spacial score (nSPS) is 13.1. The van der Waals surface area contributed by atoms with Crippen LogP contribution in [0.2, 0.25) is 0 Å². The van der Waals surface area contributed by atoms with Gasteiger partial charge in [0.05, 0.1) is 0 Å². The first kappa shape index (κ1) is 44.8. The van der Waals surface area contributed by atoms with E-state index in [1.165, 1.54) is 154 Å². The van der Waals surface area contributed by atoms with Crippen molar-refractivity contribution in [2.24, 2.45) is 0 Å². The zero-order valence-electron chi connectivity index (χ0n) is 31.2. The average Bonchev–Trinajstić information content (AvgIpc) is 3.04. The van der Waals surface area contributed by atoms with Crippen molar-refractivity contribution in [3.63, 3.8) is 0 Å². The minimum Gasteiger partial charge on any atom is -0.381 e. The second-order valence-electron chi connectivity index (χ2n) is 14.6. The number of rotatable bonds is 40. The number of ether oxygens (including phenoxy) is 1. The van der Waals surface area contributed by atoms with Crippen molar-refractivity contribution >= 4 is 0 Å². The van der Waals surface area contributed by atoms with Gasteiger partial charge in [0.25, 0.3) is 0 Å². The minimum atomic E-state index is -0.579. The van der Waals surface area contributed by atoms with Crippen LogP contribution in [0.5, 0.6) is 0 Å². The fourth-order valence-corrected chi connectivity index (χ4v) is 6.65. The lowest BCUT2D eigenvalue weighted by atomic mass is 10.0. The summed E-state index contributed by atoms with van der Waals surface area (Å²) in [5, 5.41) is 0. The van der Waals surface area contributed by atoms with E-state index in [2.05, 4.69) is 13.8 Å². The maximum absolute atomic E-state index is 14.2. The molecule has 0 amide bonds. The van der Waals surface area contributed by atoms with Crippen molar-refractivity contribution < 1.29 is 13.5 Å². The molecular weight excluding hydrogens is 558 g/mol. The average molecular weight is 643 g/mol. The van der Waals surface area contributed by atoms with Crippen LogP contribution in [0.1, 0.15) is 245 Å². The summed E-state index contributed by atoms with van der Waals surface area (Å²) in [7, 11) is 0. The first-order chi connectivity index (χ1) is 22.2. The van der Waals surface area contributed by atoms with Gasteiger partial charge in [-0.25, -0.2) is 8.78 Å². The van der Waals surface area contributed by atoms with Crippen LogP contribution in [-0.4, -0.2) is 25.6 Å². The van der Waals surface area contributed by atoms with E-state index in [4.69, 9.17) is 4.74 Å². The molecule has 0 aromatic heterocycles. The number of alkyl halides is 2. The van der Waals surface area contributed by atoms with Crippen LogP contribution >= 0.6 is 0 Å². The van der Waals surface area contributed by atoms with E-state index in [1.54, 1.807) is 0 Å². The van der Waals surface area contributed by atoms with E-state index in [0.29, 0.717) is 0 Å². The van der Waals surface area contributed by atoms with E-state index < -0.39 is 12.3 Å². The van der Waals surface area contributed by atoms with Gasteiger partial charge in [0.15, 0.2) is 0 Å². The standard InChI is InChI=1S/C42H84F2O/c1-3-5-7-9-11-13-15-17-19-23-29-35-41(43)37-31-25-21-27-33-39-45-40-34-28-22-26-32-38-42(44)36-30-24-20-18-16-14-12-10-8-6-4-2/h41-42H,3-40H2,1-2H3. The van der Waals surface area contributed by atoms with E-state index in [1.807, 2.05) is 0 Å². The van der Waals surface area contributed by atoms with Crippen LogP contribution in [0, 0.1) is 0 Å². The highest BCUT2D eigenvalue weighted by Gasteiger charge is 2.07. The Hall–Kier alpha value is -0.180. The highest BCUT2D eigenvalue weighted by molar-refractivity contribution is 4.60. The van der Waals surface area contributed by atoms with Gasteiger partial charge in [0.2, 0.25) is 0 Å². The van der Waals surface area contributed by atoms with E-state index in [-0.39, 0.29) is 0 Å². The molecule has 0 aliphatic carbocycles. The first-order valence-electron chi connectivity index (χ1n) is 21.1. The molecular formula is C42H84F2O. The Kier molecular flexibility index (Phi) is 39.8. The van der Waals surface area contributed by atoms with E-state index in [0.717, 1.165) is 90.3 Å². The Morgan fingerprint density at radius 2 is 0.489 bits per heavy atom. The molecule has 0 aliphatic rings. The zero-order valence-corrected chi connectivity index (χ0v) is 31.2. The predicted octanol–water partition coefficient (Wildman–Crippen LogP) is 15.8. The van der Waals surface area contributed by atoms with Crippen LogP contribution in [-0.2, 0) is 4.74 Å². The summed E-state index contributed by atoms with van der Waals surface area (Å²) in [6.45, 7) is 6.29. The Labute approximate surface area is 283 Å². The van der Waals surface area contributed by atoms with Crippen LogP contribution in [0.15, 0.2) is 0 Å². The number of halogens is 2. The monoisotopic (exact) mass is 643 g/mol. The minimum absolute atomic E-state index is 0.579. The quantitative estimate of drug-likeness (QED) is 0.0604. The molecule has 272 valence electrons. The van der Waals surface area contributed by atoms with Crippen molar-refractivity contribution in [2.75, 3.05) is 13.2 Å². The molecule has 0 rings (SSSR count). The molecule has 2 atom stereocenters. The predicted molar refractivity (Wildman–Crippen MR) is 198 cm³/mol. The Morgan fingerprint density at radius 3 is 0.733 bits per heavy atom. The fourth-order valence-electron chi connectivity index (χ4n) is 6.65. The summed E-state index contributed by atoms with van der Waals surface area (Å²) < 4.78 is 34.1. The van der Waals surface area contributed by atoms with Gasteiger partial charge in [-0.05, 0) is 38.5 Å². The molecule has 0 aliphatic heterocycles. The third kappa shape index (κ3) is 39.9. The van der Waals surface area contributed by atoms with Gasteiger partial charge in [-0.2, -0.15) is 0 Å². The molecule has 0 aromatic carbocycles. The second kappa shape index (κ2) is 40.0. The van der Waals surface area contributed by atoms with Crippen molar-refractivity contribution in [1.82, 2.24) is 0 Å². The lowest BCUT2D eigenvalue weighted by Gasteiger charge is -2.09. The highest BCUT2D eigenvalue weighted by Crippen LogP contribution is 2.18. The third-order valence-corrected chi connectivity index (χ3v) is 9.85. The summed E-state index contributed by atoms with van der Waals surface area (Å²) in [5.41, 5.74) is 0. The summed E-state index contributed by atoms with van der Waals surface area (Å²) in [5.74, 6) is 0. The maximum atomic E-state index is 14.2. The lowest BCUT2D eigenvalue weighted by molar-refractivity contribution is 0.125. The lowest BCUT2D eigenvalue weighted by Crippen LogP contribution is -2.00. The highest BCUT2D eigenvalue weighted by atomic mass is 19.1. The summed E-state index contributed by atoms with van der Waals surface area (Å²) in [6.07, 6.45) is 42.8. The summed E-state index contributed by atoms with van der Waals surface area (Å²) in [4.78, 5) is 0. The molecule has 0 saturated carbocycles. The van der Waals surface area contributed by atoms with Crippen molar-refractivity contribution in [3.8, 4) is 0 Å². The van der Waals surface area contributed by atoms with Gasteiger partial charge in [0, 0.05) is 13.2 Å². The molecule has 0 bridgehead atoms. The van der Waals surface area contributed by atoms with Gasteiger partial charge in [-0.3, -0.25) is 0 Å². The fraction of sp³-hybridized carbons (Fsp3) is 1.00. The smallest absolute Gasteiger partial charge is 0.100 e. The molecule has 0 fully saturated rings. The maximum Gasteiger partial charge on any atom is 0.100 e. The van der Waals surface area contributed by atoms with Crippen LogP contribution in [0.4, 0.5) is 8.78 Å². The molecule has 0 aromatic rings. The van der Waals surface area contributed by atoms with Crippen LogP contribution in [0.3, 0.4) is 0 Å². The molecule has 0 radical (unpaired) electrons. The second-order valence-corrected chi connectivity index (χ2v) is 14.6. The van der Waals surface area contributed by atoms with Gasteiger partial charge in [0.1, 0.15) is 12.3 Å². The van der Waals surface area contributed by atoms with Gasteiger partial charge >= 0.3 is 0 Å². The van der Waals surface area contributed by atoms with Gasteiger partial charge in [-0.1, -0.05) is 206 Å². The largest absolute Gasteiger partial charge is 0.381 e. The van der Waals surface area contributed by atoms with E-state index in [9.17, 15) is 8.78 Å². The van der Waals surface area contributed by atoms with Crippen molar-refractivity contribution in [2.45, 2.75) is 257 Å². The topological polar surface area (TPSA) is 9.23 Å². The molecule has 0 saturated heterocycles. The van der Waals surface area contributed by atoms with Crippen molar-refractivity contribution in [1.29, 1.82) is 0 Å². The number of hydrogen-bond acceptors (Lipinski definition) is 1. The SMILES string of the molecule is CCCCCCCCCCCCCC(F)CCCCCCCOCCCCCCCC(F)CCCCCCCCCCCCC. The molecule has 0 N–H and O–H groups in total. The summed E-state index contributed by atoms with van der Waals surface area (Å²) in [6, 6.07) is 0. The molecule has 2 unspecified atom stereocenters. The summed E-state index contributed by atoms with van der Waals surface area (Å²) >= 11 is 0. The molecule has 0 heterocycles. The Morgan fingerprint density at radius 1 is 0.289 bits per heavy atom. The van der Waals surface area contributed by atoms with Gasteiger partial charge in [-0.15, -0.1) is 0 Å². The Balaban J connectivity index is 3.20. The number of hydrogen-bond donors (Lipinski definition) is 0. The zero-order chi connectivity index (χ0) is 32.7. The first-order valence-corrected chi connectivity index (χ1v) is 21.1. The van der Waals surface area contributed by atoms with Crippen LogP contribution in [0.25, 0.3) is 0 Å². The van der Waals surface area contributed by atoms with Gasteiger partial charge < -0.3 is 4.74 Å². The molecule has 3 heteroatoms. The van der Waals surface area contributed by atoms with Crippen molar-refractivity contribution in [3.05, 3.63) is 0 Å². The molecule has 0 spiro atoms.